The summed E-state index contributed by atoms with van der Waals surface area (Å²) in [7, 11) is 0. The van der Waals surface area contributed by atoms with Crippen molar-refractivity contribution in [2.75, 3.05) is 0 Å². The molecule has 0 aromatic heterocycles. The molecule has 0 aromatic carbocycles. The van der Waals surface area contributed by atoms with Crippen molar-refractivity contribution in [2.24, 2.45) is 40.4 Å². The summed E-state index contributed by atoms with van der Waals surface area (Å²) >= 11 is 0. The summed E-state index contributed by atoms with van der Waals surface area (Å²) in [5.41, 5.74) is 1.92. The lowest BCUT2D eigenvalue weighted by Gasteiger charge is -2.39. The van der Waals surface area contributed by atoms with Crippen LogP contribution in [0.25, 0.3) is 0 Å². The predicted octanol–water partition coefficient (Wildman–Crippen LogP) is 4.62. The van der Waals surface area contributed by atoms with E-state index in [0.29, 0.717) is 34.9 Å². The quantitative estimate of drug-likeness (QED) is 0.588. The van der Waals surface area contributed by atoms with Crippen molar-refractivity contribution in [1.82, 2.24) is 0 Å². The van der Waals surface area contributed by atoms with Crippen LogP contribution in [0.15, 0.2) is 11.6 Å². The van der Waals surface area contributed by atoms with E-state index in [1.54, 1.807) is 0 Å². The molecule has 4 aliphatic rings. The Bertz CT molecular complexity index is 500. The smallest absolute Gasteiger partial charge is 0.143 e. The van der Waals surface area contributed by atoms with E-state index in [0.717, 1.165) is 18.8 Å². The van der Waals surface area contributed by atoms with Gasteiger partial charge in [-0.05, 0) is 61.7 Å². The monoisotopic (exact) mass is 272 g/mol. The standard InChI is InChI=1S/C19H28O/c1-11-8-13-6-5-7-19(13)12(2)10-15-16(18(15,3)4)14(9-11)17(19)20/h8,12-16H,5-7,9-10H2,1-4H3/t12-,13+,14+,15-,16+,19-/m1/s1. The molecule has 3 fully saturated rings. The third kappa shape index (κ3) is 1.37. The minimum absolute atomic E-state index is 0.0198. The van der Waals surface area contributed by atoms with E-state index in [1.807, 2.05) is 0 Å². The molecule has 1 nitrogen and oxygen atoms in total. The van der Waals surface area contributed by atoms with Crippen LogP contribution < -0.4 is 0 Å². The van der Waals surface area contributed by atoms with Gasteiger partial charge in [0.25, 0.3) is 0 Å². The Hall–Kier alpha value is -0.590. The number of allylic oxidation sites excluding steroid dienone is 2. The van der Waals surface area contributed by atoms with Gasteiger partial charge in [-0.2, -0.15) is 0 Å². The number of carbonyl (C=O) groups is 1. The van der Waals surface area contributed by atoms with Crippen LogP contribution >= 0.6 is 0 Å². The molecule has 0 aliphatic heterocycles. The molecule has 3 saturated carbocycles. The highest BCUT2D eigenvalue weighted by Crippen LogP contribution is 2.71. The number of carbonyl (C=O) groups excluding carboxylic acids is 1. The van der Waals surface area contributed by atoms with E-state index < -0.39 is 0 Å². The summed E-state index contributed by atoms with van der Waals surface area (Å²) in [6.07, 6.45) is 8.52. The van der Waals surface area contributed by atoms with Crippen molar-refractivity contribution in [3.63, 3.8) is 0 Å². The van der Waals surface area contributed by atoms with E-state index in [4.69, 9.17) is 0 Å². The highest BCUT2D eigenvalue weighted by Gasteiger charge is 2.68. The van der Waals surface area contributed by atoms with Crippen molar-refractivity contribution in [3.8, 4) is 0 Å². The van der Waals surface area contributed by atoms with Crippen molar-refractivity contribution < 1.29 is 4.79 Å². The number of hydrogen-bond donors (Lipinski definition) is 0. The van der Waals surface area contributed by atoms with Crippen molar-refractivity contribution in [2.45, 2.75) is 59.8 Å². The van der Waals surface area contributed by atoms with Gasteiger partial charge in [-0.25, -0.2) is 0 Å². The predicted molar refractivity (Wildman–Crippen MR) is 81.2 cm³/mol. The molecule has 1 heteroatoms. The highest BCUT2D eigenvalue weighted by atomic mass is 16.1. The zero-order chi connectivity index (χ0) is 14.3. The molecule has 0 N–H and O–H groups in total. The van der Waals surface area contributed by atoms with Crippen LogP contribution in [-0.4, -0.2) is 5.78 Å². The van der Waals surface area contributed by atoms with E-state index in [1.165, 1.54) is 24.8 Å². The number of hydrogen-bond acceptors (Lipinski definition) is 1. The average molecular weight is 272 g/mol. The molecule has 0 amide bonds. The van der Waals surface area contributed by atoms with E-state index in [9.17, 15) is 4.79 Å². The maximum absolute atomic E-state index is 13.5. The van der Waals surface area contributed by atoms with Crippen LogP contribution in [0.4, 0.5) is 0 Å². The molecular formula is C19H28O. The fraction of sp³-hybridized carbons (Fsp3) is 0.842. The van der Waals surface area contributed by atoms with Crippen LogP contribution in [0.1, 0.15) is 59.8 Å². The zero-order valence-corrected chi connectivity index (χ0v) is 13.4. The van der Waals surface area contributed by atoms with E-state index in [-0.39, 0.29) is 5.41 Å². The Morgan fingerprint density at radius 1 is 1.30 bits per heavy atom. The first-order chi connectivity index (χ1) is 9.39. The third-order valence-corrected chi connectivity index (χ3v) is 7.65. The molecule has 1 spiro atoms. The van der Waals surface area contributed by atoms with Gasteiger partial charge >= 0.3 is 0 Å². The summed E-state index contributed by atoms with van der Waals surface area (Å²) in [4.78, 5) is 13.5. The first-order valence-corrected chi connectivity index (χ1v) is 8.60. The minimum Gasteiger partial charge on any atom is -0.299 e. The Balaban J connectivity index is 1.85. The maximum Gasteiger partial charge on any atom is 0.143 e. The van der Waals surface area contributed by atoms with Crippen LogP contribution in [0.2, 0.25) is 0 Å². The van der Waals surface area contributed by atoms with Crippen LogP contribution in [-0.2, 0) is 4.79 Å². The molecular weight excluding hydrogens is 244 g/mol. The lowest BCUT2D eigenvalue weighted by atomic mass is 9.63. The molecule has 0 radical (unpaired) electrons. The second-order valence-electron chi connectivity index (χ2n) is 8.82. The molecule has 0 unspecified atom stereocenters. The molecule has 4 aliphatic carbocycles. The number of ketones is 1. The molecule has 0 heterocycles. The first kappa shape index (κ1) is 13.1. The van der Waals surface area contributed by atoms with Crippen molar-refractivity contribution in [1.29, 1.82) is 0 Å². The summed E-state index contributed by atoms with van der Waals surface area (Å²) in [5.74, 6) is 3.61. The molecule has 4 rings (SSSR count). The van der Waals surface area contributed by atoms with Gasteiger partial charge in [0.1, 0.15) is 5.78 Å². The van der Waals surface area contributed by atoms with Gasteiger partial charge in [-0.15, -0.1) is 0 Å². The fourth-order valence-corrected chi connectivity index (χ4v) is 6.56. The summed E-state index contributed by atoms with van der Waals surface area (Å²) < 4.78 is 0. The van der Waals surface area contributed by atoms with Gasteiger partial charge in [0.2, 0.25) is 0 Å². The molecule has 20 heavy (non-hydrogen) atoms. The lowest BCUT2D eigenvalue weighted by molar-refractivity contribution is -0.137. The lowest BCUT2D eigenvalue weighted by Crippen LogP contribution is -2.42. The zero-order valence-electron chi connectivity index (χ0n) is 13.4. The van der Waals surface area contributed by atoms with Crippen LogP contribution in [0.5, 0.6) is 0 Å². The van der Waals surface area contributed by atoms with Gasteiger partial charge in [0.15, 0.2) is 0 Å². The summed E-state index contributed by atoms with van der Waals surface area (Å²) in [6.45, 7) is 9.46. The van der Waals surface area contributed by atoms with Crippen LogP contribution in [0.3, 0.4) is 0 Å². The summed E-state index contributed by atoms with van der Waals surface area (Å²) in [6, 6.07) is 0. The SMILES string of the molecule is CC1=C[C@@H]2CCC[C@]23C(=O)[C@@H](C1)[C@H]1[C@@H](C[C@H]3C)C1(C)C. The number of fused-ring (bicyclic) bond motifs is 3. The average Bonchev–Trinajstić information content (AvgIpc) is 2.77. The molecule has 0 aromatic rings. The van der Waals surface area contributed by atoms with Crippen molar-refractivity contribution in [3.05, 3.63) is 11.6 Å². The van der Waals surface area contributed by atoms with Gasteiger partial charge < -0.3 is 0 Å². The van der Waals surface area contributed by atoms with E-state index in [2.05, 4.69) is 33.8 Å². The van der Waals surface area contributed by atoms with E-state index >= 15 is 0 Å². The third-order valence-electron chi connectivity index (χ3n) is 7.65. The van der Waals surface area contributed by atoms with Gasteiger partial charge in [-0.3, -0.25) is 4.79 Å². The van der Waals surface area contributed by atoms with Crippen molar-refractivity contribution >= 4 is 5.78 Å². The molecule has 2 bridgehead atoms. The summed E-state index contributed by atoms with van der Waals surface area (Å²) in [5, 5.41) is 0. The first-order valence-electron chi connectivity index (χ1n) is 8.60. The largest absolute Gasteiger partial charge is 0.299 e. The Morgan fingerprint density at radius 2 is 2.05 bits per heavy atom. The topological polar surface area (TPSA) is 17.1 Å². The maximum atomic E-state index is 13.5. The van der Waals surface area contributed by atoms with Gasteiger partial charge in [0.05, 0.1) is 0 Å². The van der Waals surface area contributed by atoms with Gasteiger partial charge in [0, 0.05) is 11.3 Å². The Kier molecular flexibility index (Phi) is 2.48. The Morgan fingerprint density at radius 3 is 2.80 bits per heavy atom. The number of Topliss-reactive ketones (excluding diaryl/α,β-unsaturated/α-hetero) is 1. The van der Waals surface area contributed by atoms with Gasteiger partial charge in [-0.1, -0.05) is 38.8 Å². The second kappa shape index (κ2) is 3.78. The molecule has 6 atom stereocenters. The Labute approximate surface area is 123 Å². The minimum atomic E-state index is 0.0198. The van der Waals surface area contributed by atoms with Crippen LogP contribution in [0, 0.1) is 40.4 Å². The molecule has 110 valence electrons. The highest BCUT2D eigenvalue weighted by molar-refractivity contribution is 5.90. The normalized spacial score (nSPS) is 52.5. The number of rotatable bonds is 0. The second-order valence-corrected chi connectivity index (χ2v) is 8.82. The molecule has 0 saturated heterocycles. The fourth-order valence-electron chi connectivity index (χ4n) is 6.56.